The highest BCUT2D eigenvalue weighted by Gasteiger charge is 2.04. The van der Waals surface area contributed by atoms with Crippen LogP contribution in [0.15, 0.2) is 39.4 Å². The van der Waals surface area contributed by atoms with Gasteiger partial charge < -0.3 is 4.74 Å². The Labute approximate surface area is 117 Å². The summed E-state index contributed by atoms with van der Waals surface area (Å²) in [6.07, 6.45) is 1.73. The fourth-order valence-electron chi connectivity index (χ4n) is 1.43. The van der Waals surface area contributed by atoms with Gasteiger partial charge in [0.2, 0.25) is 5.88 Å². The van der Waals surface area contributed by atoms with Gasteiger partial charge in [-0.25, -0.2) is 4.98 Å². The van der Waals surface area contributed by atoms with E-state index >= 15 is 0 Å². The normalized spacial score (nSPS) is 10.4. The standard InChI is InChI=1S/C13H11Br2NO/c1-8-6-11(3-4-12(8)15)17-13-9(2)5-10(14)7-16-13/h3-7H,1-2H3. The van der Waals surface area contributed by atoms with Crippen LogP contribution in [-0.2, 0) is 0 Å². The number of halogens is 2. The molecule has 1 aromatic carbocycles. The quantitative estimate of drug-likeness (QED) is 0.754. The van der Waals surface area contributed by atoms with Crippen LogP contribution in [0.4, 0.5) is 0 Å². The molecule has 2 rings (SSSR count). The van der Waals surface area contributed by atoms with E-state index in [1.807, 2.05) is 38.1 Å². The molecule has 0 saturated heterocycles. The summed E-state index contributed by atoms with van der Waals surface area (Å²) in [5.41, 5.74) is 2.14. The zero-order chi connectivity index (χ0) is 12.4. The van der Waals surface area contributed by atoms with E-state index in [1.54, 1.807) is 6.20 Å². The van der Waals surface area contributed by atoms with Crippen molar-refractivity contribution in [2.75, 3.05) is 0 Å². The Hall–Kier alpha value is -0.870. The minimum atomic E-state index is 0.634. The molecular weight excluding hydrogens is 346 g/mol. The highest BCUT2D eigenvalue weighted by molar-refractivity contribution is 9.10. The number of nitrogens with zero attached hydrogens (tertiary/aromatic N) is 1. The topological polar surface area (TPSA) is 22.1 Å². The highest BCUT2D eigenvalue weighted by Crippen LogP contribution is 2.27. The molecule has 0 fully saturated rings. The van der Waals surface area contributed by atoms with Gasteiger partial charge in [-0.3, -0.25) is 0 Å². The SMILES string of the molecule is Cc1cc(Oc2ncc(Br)cc2C)ccc1Br. The van der Waals surface area contributed by atoms with Crippen molar-refractivity contribution in [1.29, 1.82) is 0 Å². The van der Waals surface area contributed by atoms with Crippen molar-refractivity contribution in [3.05, 3.63) is 50.5 Å². The molecule has 0 bridgehead atoms. The molecule has 4 heteroatoms. The van der Waals surface area contributed by atoms with Gasteiger partial charge >= 0.3 is 0 Å². The number of benzene rings is 1. The zero-order valence-corrected chi connectivity index (χ0v) is 12.7. The Bertz CT molecular complexity index is 555. The largest absolute Gasteiger partial charge is 0.439 e. The van der Waals surface area contributed by atoms with Gasteiger partial charge in [0.05, 0.1) is 0 Å². The number of hydrogen-bond acceptors (Lipinski definition) is 2. The van der Waals surface area contributed by atoms with Crippen LogP contribution in [0.25, 0.3) is 0 Å². The fourth-order valence-corrected chi connectivity index (χ4v) is 2.12. The molecule has 0 atom stereocenters. The molecular formula is C13H11Br2NO. The Morgan fingerprint density at radius 3 is 2.47 bits per heavy atom. The summed E-state index contributed by atoms with van der Waals surface area (Å²) < 4.78 is 7.77. The molecule has 0 aliphatic heterocycles. The number of pyridine rings is 1. The van der Waals surface area contributed by atoms with Crippen molar-refractivity contribution >= 4 is 31.9 Å². The third-order valence-corrected chi connectivity index (χ3v) is 3.66. The van der Waals surface area contributed by atoms with Gasteiger partial charge in [-0.05, 0) is 59.6 Å². The lowest BCUT2D eigenvalue weighted by atomic mass is 10.2. The maximum atomic E-state index is 5.75. The van der Waals surface area contributed by atoms with Crippen LogP contribution >= 0.6 is 31.9 Å². The maximum absolute atomic E-state index is 5.75. The van der Waals surface area contributed by atoms with E-state index in [1.165, 1.54) is 0 Å². The van der Waals surface area contributed by atoms with Gasteiger partial charge in [-0.15, -0.1) is 0 Å². The summed E-state index contributed by atoms with van der Waals surface area (Å²) in [5.74, 6) is 1.43. The summed E-state index contributed by atoms with van der Waals surface area (Å²) in [6, 6.07) is 7.85. The summed E-state index contributed by atoms with van der Waals surface area (Å²) in [6.45, 7) is 4.00. The second kappa shape index (κ2) is 5.19. The van der Waals surface area contributed by atoms with E-state index in [-0.39, 0.29) is 0 Å². The molecule has 2 nitrogen and oxygen atoms in total. The summed E-state index contributed by atoms with van der Waals surface area (Å²) in [5, 5.41) is 0. The van der Waals surface area contributed by atoms with E-state index in [2.05, 4.69) is 36.8 Å². The van der Waals surface area contributed by atoms with Crippen molar-refractivity contribution in [3.8, 4) is 11.6 Å². The first-order chi connectivity index (χ1) is 8.06. The Morgan fingerprint density at radius 2 is 1.82 bits per heavy atom. The Balaban J connectivity index is 2.28. The van der Waals surface area contributed by atoms with Crippen molar-refractivity contribution in [1.82, 2.24) is 4.98 Å². The number of hydrogen-bond donors (Lipinski definition) is 0. The third-order valence-electron chi connectivity index (χ3n) is 2.34. The predicted octanol–water partition coefficient (Wildman–Crippen LogP) is 5.02. The van der Waals surface area contributed by atoms with Crippen LogP contribution in [0.5, 0.6) is 11.6 Å². The van der Waals surface area contributed by atoms with Crippen LogP contribution in [0, 0.1) is 13.8 Å². The molecule has 0 amide bonds. The first kappa shape index (κ1) is 12.6. The van der Waals surface area contributed by atoms with Crippen LogP contribution in [0.2, 0.25) is 0 Å². The molecule has 2 aromatic rings. The Morgan fingerprint density at radius 1 is 1.06 bits per heavy atom. The van der Waals surface area contributed by atoms with E-state index in [0.717, 1.165) is 25.8 Å². The van der Waals surface area contributed by atoms with Crippen LogP contribution in [0.1, 0.15) is 11.1 Å². The van der Waals surface area contributed by atoms with Crippen LogP contribution < -0.4 is 4.74 Å². The van der Waals surface area contributed by atoms with Gasteiger partial charge in [-0.2, -0.15) is 0 Å². The lowest BCUT2D eigenvalue weighted by molar-refractivity contribution is 0.458. The average Bonchev–Trinajstić information content (AvgIpc) is 2.27. The lowest BCUT2D eigenvalue weighted by Crippen LogP contribution is -1.91. The van der Waals surface area contributed by atoms with Crippen molar-refractivity contribution in [2.45, 2.75) is 13.8 Å². The van der Waals surface area contributed by atoms with Gasteiger partial charge in [0, 0.05) is 20.7 Å². The second-order valence-corrected chi connectivity index (χ2v) is 5.56. The molecule has 0 spiro atoms. The number of rotatable bonds is 2. The second-order valence-electron chi connectivity index (χ2n) is 3.79. The van der Waals surface area contributed by atoms with E-state index in [0.29, 0.717) is 5.88 Å². The summed E-state index contributed by atoms with van der Waals surface area (Å²) >= 11 is 6.84. The van der Waals surface area contributed by atoms with E-state index in [4.69, 9.17) is 4.74 Å². The predicted molar refractivity (Wildman–Crippen MR) is 75.6 cm³/mol. The number of ether oxygens (including phenoxy) is 1. The van der Waals surface area contributed by atoms with Crippen molar-refractivity contribution in [3.63, 3.8) is 0 Å². The van der Waals surface area contributed by atoms with Crippen molar-refractivity contribution in [2.24, 2.45) is 0 Å². The highest BCUT2D eigenvalue weighted by atomic mass is 79.9. The molecule has 0 saturated carbocycles. The van der Waals surface area contributed by atoms with Crippen LogP contribution in [0.3, 0.4) is 0 Å². The van der Waals surface area contributed by atoms with E-state index in [9.17, 15) is 0 Å². The molecule has 0 aliphatic rings. The Kier molecular flexibility index (Phi) is 3.84. The average molecular weight is 357 g/mol. The number of aromatic nitrogens is 1. The van der Waals surface area contributed by atoms with Crippen molar-refractivity contribution < 1.29 is 4.74 Å². The first-order valence-electron chi connectivity index (χ1n) is 5.12. The minimum Gasteiger partial charge on any atom is -0.439 e. The molecule has 0 N–H and O–H groups in total. The van der Waals surface area contributed by atoms with E-state index < -0.39 is 0 Å². The van der Waals surface area contributed by atoms with Gasteiger partial charge in [0.25, 0.3) is 0 Å². The summed E-state index contributed by atoms with van der Waals surface area (Å²) in [7, 11) is 0. The monoisotopic (exact) mass is 355 g/mol. The molecule has 0 aliphatic carbocycles. The number of aryl methyl sites for hydroxylation is 2. The smallest absolute Gasteiger partial charge is 0.222 e. The zero-order valence-electron chi connectivity index (χ0n) is 9.50. The maximum Gasteiger partial charge on any atom is 0.222 e. The van der Waals surface area contributed by atoms with Crippen LogP contribution in [-0.4, -0.2) is 4.98 Å². The third kappa shape index (κ3) is 3.07. The fraction of sp³-hybridized carbons (Fsp3) is 0.154. The summed E-state index contributed by atoms with van der Waals surface area (Å²) in [4.78, 5) is 4.24. The molecule has 0 unspecified atom stereocenters. The first-order valence-corrected chi connectivity index (χ1v) is 6.71. The minimum absolute atomic E-state index is 0.634. The molecule has 0 radical (unpaired) electrons. The van der Waals surface area contributed by atoms with Gasteiger partial charge in [-0.1, -0.05) is 15.9 Å². The molecule has 1 heterocycles. The molecule has 1 aromatic heterocycles. The molecule has 88 valence electrons. The van der Waals surface area contributed by atoms with Gasteiger partial charge in [0.15, 0.2) is 0 Å². The van der Waals surface area contributed by atoms with Gasteiger partial charge in [0.1, 0.15) is 5.75 Å². The lowest BCUT2D eigenvalue weighted by Gasteiger charge is -2.08. The molecule has 17 heavy (non-hydrogen) atoms.